The summed E-state index contributed by atoms with van der Waals surface area (Å²) in [5, 5.41) is 0. The predicted molar refractivity (Wildman–Crippen MR) is 68.3 cm³/mol. The molecule has 0 heterocycles. The molecule has 1 aromatic rings. The van der Waals surface area contributed by atoms with Crippen molar-refractivity contribution in [2.24, 2.45) is 11.8 Å². The van der Waals surface area contributed by atoms with E-state index in [-0.39, 0.29) is 0 Å². The van der Waals surface area contributed by atoms with Crippen LogP contribution in [0.3, 0.4) is 0 Å². The summed E-state index contributed by atoms with van der Waals surface area (Å²) in [6.07, 6.45) is 2.41. The molecule has 0 atom stereocenters. The molecule has 0 radical (unpaired) electrons. The van der Waals surface area contributed by atoms with Crippen LogP contribution < -0.4 is 0 Å². The highest BCUT2D eigenvalue weighted by Crippen LogP contribution is 2.17. The molecular formula is C15H24. The van der Waals surface area contributed by atoms with E-state index >= 15 is 0 Å². The van der Waals surface area contributed by atoms with E-state index in [0.717, 1.165) is 11.8 Å². The van der Waals surface area contributed by atoms with Crippen molar-refractivity contribution in [1.82, 2.24) is 0 Å². The first-order valence-electron chi connectivity index (χ1n) is 6.07. The molecule has 0 aliphatic carbocycles. The van der Waals surface area contributed by atoms with E-state index < -0.39 is 0 Å². The molecule has 84 valence electrons. The SMILES string of the molecule is Cc1ccc(CC(C)C)cc1CC(C)C. The van der Waals surface area contributed by atoms with Crippen LogP contribution in [0.5, 0.6) is 0 Å². The number of hydrogen-bond acceptors (Lipinski definition) is 0. The summed E-state index contributed by atoms with van der Waals surface area (Å²) in [7, 11) is 0. The zero-order valence-corrected chi connectivity index (χ0v) is 10.8. The second-order valence-corrected chi connectivity index (χ2v) is 5.46. The lowest BCUT2D eigenvalue weighted by molar-refractivity contribution is 0.634. The third kappa shape index (κ3) is 4.07. The molecule has 0 N–H and O–H groups in total. The highest BCUT2D eigenvalue weighted by atomic mass is 14.1. The molecule has 0 heteroatoms. The lowest BCUT2D eigenvalue weighted by Gasteiger charge is -2.12. The van der Waals surface area contributed by atoms with Gasteiger partial charge in [-0.05, 0) is 48.3 Å². The first-order valence-corrected chi connectivity index (χ1v) is 6.07. The van der Waals surface area contributed by atoms with E-state index in [2.05, 4.69) is 52.8 Å². The number of benzene rings is 1. The monoisotopic (exact) mass is 204 g/mol. The van der Waals surface area contributed by atoms with Crippen molar-refractivity contribution < 1.29 is 0 Å². The standard InChI is InChI=1S/C15H24/c1-11(2)8-14-7-6-13(5)15(10-14)9-12(3)4/h6-7,10-12H,8-9H2,1-5H3. The second kappa shape index (κ2) is 5.34. The number of aryl methyl sites for hydroxylation is 1. The Balaban J connectivity index is 2.85. The fourth-order valence-corrected chi connectivity index (χ4v) is 1.98. The maximum absolute atomic E-state index is 2.40. The maximum atomic E-state index is 2.40. The first-order chi connectivity index (χ1) is 6.99. The topological polar surface area (TPSA) is 0 Å². The third-order valence-electron chi connectivity index (χ3n) is 2.69. The minimum absolute atomic E-state index is 0.748. The van der Waals surface area contributed by atoms with Crippen molar-refractivity contribution >= 4 is 0 Å². The van der Waals surface area contributed by atoms with E-state index in [1.165, 1.54) is 29.5 Å². The van der Waals surface area contributed by atoms with Gasteiger partial charge in [0.1, 0.15) is 0 Å². The van der Waals surface area contributed by atoms with Gasteiger partial charge < -0.3 is 0 Å². The van der Waals surface area contributed by atoms with E-state index in [0.29, 0.717) is 0 Å². The minimum atomic E-state index is 0.748. The van der Waals surface area contributed by atoms with Gasteiger partial charge in [0.25, 0.3) is 0 Å². The van der Waals surface area contributed by atoms with Crippen molar-refractivity contribution in [2.45, 2.75) is 47.5 Å². The summed E-state index contributed by atoms with van der Waals surface area (Å²) in [5.41, 5.74) is 4.46. The molecule has 1 rings (SSSR count). The Bertz CT molecular complexity index is 308. The molecule has 0 fully saturated rings. The van der Waals surface area contributed by atoms with Crippen LogP contribution in [0.4, 0.5) is 0 Å². The fourth-order valence-electron chi connectivity index (χ4n) is 1.98. The first kappa shape index (κ1) is 12.3. The smallest absolute Gasteiger partial charge is 0.0253 e. The third-order valence-corrected chi connectivity index (χ3v) is 2.69. The largest absolute Gasteiger partial charge is 0.0625 e. The Morgan fingerprint density at radius 2 is 1.53 bits per heavy atom. The van der Waals surface area contributed by atoms with Gasteiger partial charge >= 0.3 is 0 Å². The van der Waals surface area contributed by atoms with E-state index in [1.807, 2.05) is 0 Å². The molecule has 0 spiro atoms. The summed E-state index contributed by atoms with van der Waals surface area (Å²) < 4.78 is 0. The van der Waals surface area contributed by atoms with Gasteiger partial charge in [0.15, 0.2) is 0 Å². The second-order valence-electron chi connectivity index (χ2n) is 5.46. The lowest BCUT2D eigenvalue weighted by atomic mass is 9.94. The molecule has 0 aromatic heterocycles. The maximum Gasteiger partial charge on any atom is -0.0253 e. The van der Waals surface area contributed by atoms with Gasteiger partial charge in [0.05, 0.1) is 0 Å². The van der Waals surface area contributed by atoms with Crippen LogP contribution in [0.15, 0.2) is 18.2 Å². The Kier molecular flexibility index (Phi) is 4.38. The van der Waals surface area contributed by atoms with E-state index in [9.17, 15) is 0 Å². The molecule has 0 aliphatic rings. The van der Waals surface area contributed by atoms with Crippen LogP contribution in [0.1, 0.15) is 44.4 Å². The highest BCUT2D eigenvalue weighted by Gasteiger charge is 2.04. The van der Waals surface area contributed by atoms with Gasteiger partial charge in [0, 0.05) is 0 Å². The predicted octanol–water partition coefficient (Wildman–Crippen LogP) is 4.39. The Labute approximate surface area is 94.7 Å². The van der Waals surface area contributed by atoms with Crippen LogP contribution in [0, 0.1) is 18.8 Å². The van der Waals surface area contributed by atoms with Gasteiger partial charge in [-0.15, -0.1) is 0 Å². The molecule has 0 saturated heterocycles. The molecule has 0 unspecified atom stereocenters. The average molecular weight is 204 g/mol. The molecule has 1 aromatic carbocycles. The summed E-state index contributed by atoms with van der Waals surface area (Å²) in [4.78, 5) is 0. The van der Waals surface area contributed by atoms with Gasteiger partial charge in [-0.25, -0.2) is 0 Å². The minimum Gasteiger partial charge on any atom is -0.0625 e. The van der Waals surface area contributed by atoms with Gasteiger partial charge in [-0.3, -0.25) is 0 Å². The van der Waals surface area contributed by atoms with Crippen LogP contribution >= 0.6 is 0 Å². The molecule has 0 bridgehead atoms. The van der Waals surface area contributed by atoms with Crippen LogP contribution in [-0.4, -0.2) is 0 Å². The quantitative estimate of drug-likeness (QED) is 0.682. The molecule has 0 nitrogen and oxygen atoms in total. The summed E-state index contributed by atoms with van der Waals surface area (Å²) in [5.74, 6) is 1.50. The number of hydrogen-bond donors (Lipinski definition) is 0. The van der Waals surface area contributed by atoms with Crippen molar-refractivity contribution in [3.05, 3.63) is 34.9 Å². The number of rotatable bonds is 4. The lowest BCUT2D eigenvalue weighted by Crippen LogP contribution is -2.00. The zero-order valence-electron chi connectivity index (χ0n) is 10.8. The van der Waals surface area contributed by atoms with E-state index in [1.54, 1.807) is 0 Å². The average Bonchev–Trinajstić information content (AvgIpc) is 2.09. The van der Waals surface area contributed by atoms with Crippen LogP contribution in [0.2, 0.25) is 0 Å². The van der Waals surface area contributed by atoms with Crippen molar-refractivity contribution in [3.8, 4) is 0 Å². The summed E-state index contributed by atoms with van der Waals surface area (Å²) in [6.45, 7) is 11.4. The van der Waals surface area contributed by atoms with Crippen molar-refractivity contribution in [2.75, 3.05) is 0 Å². The normalized spacial score (nSPS) is 11.4. The van der Waals surface area contributed by atoms with E-state index in [4.69, 9.17) is 0 Å². The zero-order chi connectivity index (χ0) is 11.4. The van der Waals surface area contributed by atoms with Crippen molar-refractivity contribution in [3.63, 3.8) is 0 Å². The molecular weight excluding hydrogens is 180 g/mol. The fraction of sp³-hybridized carbons (Fsp3) is 0.600. The molecule has 15 heavy (non-hydrogen) atoms. The summed E-state index contributed by atoms with van der Waals surface area (Å²) in [6, 6.07) is 6.95. The van der Waals surface area contributed by atoms with Crippen molar-refractivity contribution in [1.29, 1.82) is 0 Å². The highest BCUT2D eigenvalue weighted by molar-refractivity contribution is 5.31. The Morgan fingerprint density at radius 3 is 2.07 bits per heavy atom. The van der Waals surface area contributed by atoms with Gasteiger partial charge in [-0.2, -0.15) is 0 Å². The Morgan fingerprint density at radius 1 is 0.933 bits per heavy atom. The van der Waals surface area contributed by atoms with Crippen LogP contribution in [0.25, 0.3) is 0 Å². The summed E-state index contributed by atoms with van der Waals surface area (Å²) >= 11 is 0. The molecule has 0 amide bonds. The molecule has 0 saturated carbocycles. The van der Waals surface area contributed by atoms with Gasteiger partial charge in [0.2, 0.25) is 0 Å². The Hall–Kier alpha value is -0.780. The van der Waals surface area contributed by atoms with Crippen LogP contribution in [-0.2, 0) is 12.8 Å². The van der Waals surface area contributed by atoms with Gasteiger partial charge in [-0.1, -0.05) is 45.9 Å². The molecule has 0 aliphatic heterocycles.